The number of rotatable bonds is 7. The summed E-state index contributed by atoms with van der Waals surface area (Å²) in [6.07, 6.45) is 3.13. The number of carbonyl (C=O) groups excluding carboxylic acids is 1. The van der Waals surface area contributed by atoms with Crippen LogP contribution >= 0.6 is 0 Å². The maximum absolute atomic E-state index is 13.1. The van der Waals surface area contributed by atoms with Gasteiger partial charge in [-0.1, -0.05) is 48.5 Å². The van der Waals surface area contributed by atoms with Crippen LogP contribution < -0.4 is 10.1 Å². The van der Waals surface area contributed by atoms with Gasteiger partial charge in [-0.25, -0.2) is 0 Å². The van der Waals surface area contributed by atoms with Crippen LogP contribution in [0.4, 0.5) is 0 Å². The summed E-state index contributed by atoms with van der Waals surface area (Å²) in [5, 5.41) is 14.8. The molecule has 0 aliphatic rings. The second-order valence-corrected chi connectivity index (χ2v) is 6.32. The number of amides is 1. The maximum atomic E-state index is 13.1. The predicted octanol–water partition coefficient (Wildman–Crippen LogP) is 3.26. The van der Waals surface area contributed by atoms with Crippen molar-refractivity contribution in [2.45, 2.75) is 6.54 Å². The van der Waals surface area contributed by atoms with Crippen molar-refractivity contribution in [3.63, 3.8) is 0 Å². The number of para-hydroxylation sites is 1. The van der Waals surface area contributed by atoms with Gasteiger partial charge in [0, 0.05) is 23.7 Å². The quantitative estimate of drug-likeness (QED) is 0.478. The number of benzene rings is 2. The van der Waals surface area contributed by atoms with Crippen LogP contribution in [-0.2, 0) is 11.3 Å². The lowest BCUT2D eigenvalue weighted by atomic mass is 10.2. The van der Waals surface area contributed by atoms with Crippen LogP contribution in [0.5, 0.6) is 5.75 Å². The summed E-state index contributed by atoms with van der Waals surface area (Å²) < 4.78 is 12.2. The van der Waals surface area contributed by atoms with Crippen LogP contribution in [-0.4, -0.2) is 33.2 Å². The molecule has 2 aromatic carbocycles. The smallest absolute Gasteiger partial charge is 0.270 e. The highest BCUT2D eigenvalue weighted by atomic mass is 16.5. The largest absolute Gasteiger partial charge is 0.496 e. The zero-order valence-corrected chi connectivity index (χ0v) is 16.2. The minimum absolute atomic E-state index is 0.226. The lowest BCUT2D eigenvalue weighted by Gasteiger charge is -2.12. The number of nitrogens with one attached hydrogen (secondary N) is 1. The van der Waals surface area contributed by atoms with Crippen LogP contribution in [0.3, 0.4) is 0 Å². The van der Waals surface area contributed by atoms with Gasteiger partial charge in [0.1, 0.15) is 17.2 Å². The molecule has 4 rings (SSSR count). The molecular weight excluding hydrogens is 382 g/mol. The zero-order valence-electron chi connectivity index (χ0n) is 16.2. The second kappa shape index (κ2) is 8.87. The third-order valence-corrected chi connectivity index (χ3v) is 4.42. The molecule has 8 nitrogen and oxygen atoms in total. The fourth-order valence-corrected chi connectivity index (χ4v) is 2.96. The fraction of sp³-hybridized carbons (Fsp3) is 0.0909. The number of hydrogen-bond acceptors (Lipinski definition) is 6. The van der Waals surface area contributed by atoms with Gasteiger partial charge in [-0.15, -0.1) is 5.10 Å². The number of methoxy groups -OCH3 is 1. The Labute approximate surface area is 172 Å². The van der Waals surface area contributed by atoms with Crippen LogP contribution in [0.2, 0.25) is 0 Å². The van der Waals surface area contributed by atoms with E-state index in [1.165, 1.54) is 10.9 Å². The molecule has 0 saturated carbocycles. The number of tetrazole rings is 1. The summed E-state index contributed by atoms with van der Waals surface area (Å²) in [7, 11) is 1.59. The van der Waals surface area contributed by atoms with E-state index >= 15 is 0 Å². The highest BCUT2D eigenvalue weighted by Crippen LogP contribution is 2.21. The summed E-state index contributed by atoms with van der Waals surface area (Å²) in [5.74, 6) is 1.29. The number of carbonyl (C=O) groups is 1. The molecule has 0 aliphatic heterocycles. The van der Waals surface area contributed by atoms with Crippen molar-refractivity contribution in [2.24, 2.45) is 0 Å². The van der Waals surface area contributed by atoms with Gasteiger partial charge < -0.3 is 14.5 Å². The Morgan fingerprint density at radius 2 is 1.90 bits per heavy atom. The Balaban J connectivity index is 1.67. The Morgan fingerprint density at radius 3 is 2.67 bits per heavy atom. The van der Waals surface area contributed by atoms with Gasteiger partial charge >= 0.3 is 0 Å². The third-order valence-electron chi connectivity index (χ3n) is 4.42. The summed E-state index contributed by atoms with van der Waals surface area (Å²) in [5.41, 5.74) is 1.86. The molecule has 4 aromatic rings. The average molecular weight is 401 g/mol. The molecule has 0 radical (unpaired) electrons. The molecule has 2 aromatic heterocycles. The van der Waals surface area contributed by atoms with Gasteiger partial charge in [-0.3, -0.25) is 4.79 Å². The molecule has 0 saturated heterocycles. The average Bonchev–Trinajstić information content (AvgIpc) is 3.48. The van der Waals surface area contributed by atoms with Gasteiger partial charge in [0.05, 0.1) is 13.4 Å². The van der Waals surface area contributed by atoms with Crippen molar-refractivity contribution < 1.29 is 13.9 Å². The van der Waals surface area contributed by atoms with Crippen molar-refractivity contribution in [1.29, 1.82) is 0 Å². The fourth-order valence-electron chi connectivity index (χ4n) is 2.96. The summed E-state index contributed by atoms with van der Waals surface area (Å²) in [6.45, 7) is 0.279. The monoisotopic (exact) mass is 401 g/mol. The maximum Gasteiger partial charge on any atom is 0.270 e. The van der Waals surface area contributed by atoms with Crippen LogP contribution in [0, 0.1) is 0 Å². The van der Waals surface area contributed by atoms with Gasteiger partial charge in [0.2, 0.25) is 0 Å². The SMILES string of the molecule is COc1ccccc1CNC(=O)/C(=C\c1ccco1)n1nnnc1-c1ccccc1. The highest BCUT2D eigenvalue weighted by molar-refractivity contribution is 6.18. The van der Waals surface area contributed by atoms with E-state index in [0.29, 0.717) is 17.3 Å². The number of hydrogen-bond donors (Lipinski definition) is 1. The third kappa shape index (κ3) is 4.12. The van der Waals surface area contributed by atoms with E-state index in [2.05, 4.69) is 20.8 Å². The van der Waals surface area contributed by atoms with E-state index in [4.69, 9.17) is 9.15 Å². The van der Waals surface area contributed by atoms with E-state index in [1.807, 2.05) is 54.6 Å². The molecule has 8 heteroatoms. The Kier molecular flexibility index (Phi) is 5.66. The van der Waals surface area contributed by atoms with Crippen molar-refractivity contribution in [1.82, 2.24) is 25.5 Å². The van der Waals surface area contributed by atoms with E-state index in [1.54, 1.807) is 25.3 Å². The lowest BCUT2D eigenvalue weighted by molar-refractivity contribution is -0.116. The summed E-state index contributed by atoms with van der Waals surface area (Å²) in [4.78, 5) is 13.1. The number of furan rings is 1. The van der Waals surface area contributed by atoms with Gasteiger partial charge in [-0.2, -0.15) is 4.68 Å². The molecule has 0 bridgehead atoms. The van der Waals surface area contributed by atoms with Gasteiger partial charge in [-0.05, 0) is 28.6 Å². The highest BCUT2D eigenvalue weighted by Gasteiger charge is 2.20. The number of nitrogens with zero attached hydrogens (tertiary/aromatic N) is 4. The van der Waals surface area contributed by atoms with E-state index in [0.717, 1.165) is 11.1 Å². The molecule has 1 amide bonds. The lowest BCUT2D eigenvalue weighted by Crippen LogP contribution is -2.27. The summed E-state index contributed by atoms with van der Waals surface area (Å²) in [6, 6.07) is 20.4. The number of ether oxygens (including phenoxy) is 1. The van der Waals surface area contributed by atoms with Crippen LogP contribution in [0.25, 0.3) is 23.2 Å². The molecular formula is C22H19N5O3. The van der Waals surface area contributed by atoms with Gasteiger partial charge in [0.15, 0.2) is 5.82 Å². The Hall–Kier alpha value is -4.20. The first kappa shape index (κ1) is 19.1. The molecule has 0 aliphatic carbocycles. The standard InChI is InChI=1S/C22H19N5O3/c1-29-20-12-6-5-10-17(20)15-23-22(28)19(14-18-11-7-13-30-18)27-21(24-25-26-27)16-8-3-2-4-9-16/h2-14H,15H2,1H3,(H,23,28)/b19-14+. The Bertz CT molecular complexity index is 1150. The first-order chi connectivity index (χ1) is 14.8. The van der Waals surface area contributed by atoms with Crippen LogP contribution in [0.1, 0.15) is 11.3 Å². The van der Waals surface area contributed by atoms with Gasteiger partial charge in [0.25, 0.3) is 5.91 Å². The molecule has 0 spiro atoms. The van der Waals surface area contributed by atoms with Crippen molar-refractivity contribution >= 4 is 17.7 Å². The molecule has 0 fully saturated rings. The van der Waals surface area contributed by atoms with Crippen LogP contribution in [0.15, 0.2) is 77.4 Å². The van der Waals surface area contributed by atoms with E-state index in [9.17, 15) is 4.79 Å². The zero-order chi connectivity index (χ0) is 20.8. The first-order valence-electron chi connectivity index (χ1n) is 9.25. The molecule has 0 atom stereocenters. The minimum atomic E-state index is -0.359. The molecule has 2 heterocycles. The Morgan fingerprint density at radius 1 is 1.10 bits per heavy atom. The molecule has 150 valence electrons. The van der Waals surface area contributed by atoms with Crippen molar-refractivity contribution in [3.05, 3.63) is 84.3 Å². The molecule has 1 N–H and O–H groups in total. The van der Waals surface area contributed by atoms with E-state index in [-0.39, 0.29) is 18.1 Å². The van der Waals surface area contributed by atoms with Crippen molar-refractivity contribution in [2.75, 3.05) is 7.11 Å². The molecule has 30 heavy (non-hydrogen) atoms. The van der Waals surface area contributed by atoms with E-state index < -0.39 is 0 Å². The second-order valence-electron chi connectivity index (χ2n) is 6.32. The minimum Gasteiger partial charge on any atom is -0.496 e. The van der Waals surface area contributed by atoms with Crippen molar-refractivity contribution in [3.8, 4) is 17.1 Å². The summed E-state index contributed by atoms with van der Waals surface area (Å²) >= 11 is 0. The number of aromatic nitrogens is 4. The topological polar surface area (TPSA) is 95.1 Å². The predicted molar refractivity (Wildman–Crippen MR) is 111 cm³/mol. The molecule has 0 unspecified atom stereocenters. The normalized spacial score (nSPS) is 11.3. The first-order valence-corrected chi connectivity index (χ1v) is 9.25.